The summed E-state index contributed by atoms with van der Waals surface area (Å²) in [7, 11) is 0. The van der Waals surface area contributed by atoms with Gasteiger partial charge in [0.2, 0.25) is 0 Å². The summed E-state index contributed by atoms with van der Waals surface area (Å²) in [4.78, 5) is 15.5. The highest BCUT2D eigenvalue weighted by Gasteiger charge is 2.09. The maximum atomic E-state index is 13.3. The second kappa shape index (κ2) is 5.75. The number of benzene rings is 1. The van der Waals surface area contributed by atoms with E-state index < -0.39 is 17.5 Å². The number of carbonyl (C=O) groups excluding carboxylic acids is 1. The predicted octanol–water partition coefficient (Wildman–Crippen LogP) is 2.94. The molecule has 0 aliphatic carbocycles. The molecule has 2 rings (SSSR count). The van der Waals surface area contributed by atoms with Crippen LogP contribution in [0.2, 0.25) is 5.02 Å². The van der Waals surface area contributed by atoms with Crippen LogP contribution in [-0.2, 0) is 6.54 Å². The Morgan fingerprint density at radius 1 is 1.26 bits per heavy atom. The molecule has 19 heavy (non-hydrogen) atoms. The Labute approximate surface area is 113 Å². The number of nitrogens with zero attached hydrogens (tertiary/aromatic N) is 1. The average molecular weight is 283 g/mol. The van der Waals surface area contributed by atoms with Crippen LogP contribution in [0.25, 0.3) is 0 Å². The van der Waals surface area contributed by atoms with Crippen LogP contribution >= 0.6 is 11.6 Å². The number of rotatable bonds is 3. The van der Waals surface area contributed by atoms with E-state index in [4.69, 9.17) is 11.6 Å². The molecular formula is C13H9ClF2N2O. The molecule has 0 unspecified atom stereocenters. The normalized spacial score (nSPS) is 10.3. The maximum Gasteiger partial charge on any atom is 0.270 e. The van der Waals surface area contributed by atoms with E-state index in [0.717, 1.165) is 18.2 Å². The molecule has 0 saturated carbocycles. The first-order chi connectivity index (χ1) is 9.06. The number of pyridine rings is 1. The third kappa shape index (κ3) is 3.48. The smallest absolute Gasteiger partial charge is 0.270 e. The van der Waals surface area contributed by atoms with Gasteiger partial charge in [0.15, 0.2) is 0 Å². The molecule has 0 saturated heterocycles. The van der Waals surface area contributed by atoms with Crippen LogP contribution in [0.5, 0.6) is 0 Å². The first-order valence-electron chi connectivity index (χ1n) is 5.40. The van der Waals surface area contributed by atoms with Crippen LogP contribution in [-0.4, -0.2) is 10.9 Å². The highest BCUT2D eigenvalue weighted by atomic mass is 35.5. The summed E-state index contributed by atoms with van der Waals surface area (Å²) in [6.45, 7) is -0.128. The number of hydrogen-bond acceptors (Lipinski definition) is 2. The summed E-state index contributed by atoms with van der Waals surface area (Å²) < 4.78 is 26.3. The standard InChI is InChI=1S/C13H9ClF2N2O/c14-9-3-4-17-12(6-9)13(19)18-7-8-5-10(15)1-2-11(8)16/h1-6H,7H2,(H,18,19). The van der Waals surface area contributed by atoms with Crippen LogP contribution in [0.3, 0.4) is 0 Å². The molecule has 0 spiro atoms. The molecule has 0 radical (unpaired) electrons. The predicted molar refractivity (Wildman–Crippen MR) is 66.8 cm³/mol. The van der Waals surface area contributed by atoms with Crippen LogP contribution < -0.4 is 5.32 Å². The van der Waals surface area contributed by atoms with Crippen molar-refractivity contribution in [2.24, 2.45) is 0 Å². The minimum atomic E-state index is -0.583. The van der Waals surface area contributed by atoms with Crippen molar-refractivity contribution in [2.45, 2.75) is 6.54 Å². The first kappa shape index (κ1) is 13.4. The topological polar surface area (TPSA) is 42.0 Å². The third-order valence-electron chi connectivity index (χ3n) is 2.40. The lowest BCUT2D eigenvalue weighted by molar-refractivity contribution is 0.0945. The van der Waals surface area contributed by atoms with Crippen molar-refractivity contribution in [1.82, 2.24) is 10.3 Å². The fraction of sp³-hybridized carbons (Fsp3) is 0.0769. The second-order valence-corrected chi connectivity index (χ2v) is 4.21. The SMILES string of the molecule is O=C(NCc1cc(F)ccc1F)c1cc(Cl)ccn1. The lowest BCUT2D eigenvalue weighted by Crippen LogP contribution is -2.24. The number of aromatic nitrogens is 1. The van der Waals surface area contributed by atoms with Crippen molar-refractivity contribution in [3.8, 4) is 0 Å². The molecule has 1 heterocycles. The number of halogens is 3. The van der Waals surface area contributed by atoms with Gasteiger partial charge >= 0.3 is 0 Å². The Balaban J connectivity index is 2.06. The molecule has 3 nitrogen and oxygen atoms in total. The summed E-state index contributed by atoms with van der Waals surface area (Å²) in [6, 6.07) is 5.97. The third-order valence-corrected chi connectivity index (χ3v) is 2.64. The summed E-state index contributed by atoms with van der Waals surface area (Å²) in [5.41, 5.74) is 0.180. The number of nitrogens with one attached hydrogen (secondary N) is 1. The van der Waals surface area contributed by atoms with Crippen LogP contribution in [0.4, 0.5) is 8.78 Å². The number of hydrogen-bond donors (Lipinski definition) is 1. The van der Waals surface area contributed by atoms with E-state index in [1.165, 1.54) is 18.3 Å². The van der Waals surface area contributed by atoms with Gasteiger partial charge in [-0.3, -0.25) is 9.78 Å². The quantitative estimate of drug-likeness (QED) is 0.940. The Hall–Kier alpha value is -2.01. The van der Waals surface area contributed by atoms with Gasteiger partial charge in [-0.1, -0.05) is 11.6 Å². The van der Waals surface area contributed by atoms with Crippen molar-refractivity contribution < 1.29 is 13.6 Å². The molecule has 0 fully saturated rings. The summed E-state index contributed by atoms with van der Waals surface area (Å²) in [6.07, 6.45) is 1.39. The van der Waals surface area contributed by atoms with Gasteiger partial charge < -0.3 is 5.32 Å². The largest absolute Gasteiger partial charge is 0.347 e. The lowest BCUT2D eigenvalue weighted by atomic mass is 10.2. The van der Waals surface area contributed by atoms with Gasteiger partial charge in [-0.15, -0.1) is 0 Å². The maximum absolute atomic E-state index is 13.3. The van der Waals surface area contributed by atoms with E-state index in [0.29, 0.717) is 5.02 Å². The van der Waals surface area contributed by atoms with Crippen LogP contribution in [0, 0.1) is 11.6 Å². The van der Waals surface area contributed by atoms with E-state index in [1.807, 2.05) is 0 Å². The zero-order chi connectivity index (χ0) is 13.8. The molecule has 0 bridgehead atoms. The van der Waals surface area contributed by atoms with Crippen molar-refractivity contribution in [3.63, 3.8) is 0 Å². The zero-order valence-electron chi connectivity index (χ0n) is 9.66. The van der Waals surface area contributed by atoms with E-state index in [2.05, 4.69) is 10.3 Å². The molecule has 6 heteroatoms. The van der Waals surface area contributed by atoms with Crippen LogP contribution in [0.1, 0.15) is 16.1 Å². The molecule has 1 aromatic heterocycles. The monoisotopic (exact) mass is 282 g/mol. The fourth-order valence-electron chi connectivity index (χ4n) is 1.47. The fourth-order valence-corrected chi connectivity index (χ4v) is 1.63. The van der Waals surface area contributed by atoms with Crippen molar-refractivity contribution >= 4 is 17.5 Å². The molecule has 1 N–H and O–H groups in total. The minimum absolute atomic E-state index is 0.0652. The van der Waals surface area contributed by atoms with Gasteiger partial charge in [-0.25, -0.2) is 8.78 Å². The highest BCUT2D eigenvalue weighted by molar-refractivity contribution is 6.30. The summed E-state index contributed by atoms with van der Waals surface area (Å²) in [5, 5.41) is 2.82. The molecule has 1 amide bonds. The molecule has 0 aliphatic rings. The van der Waals surface area contributed by atoms with Crippen molar-refractivity contribution in [2.75, 3.05) is 0 Å². The molecule has 0 aliphatic heterocycles. The van der Waals surface area contributed by atoms with Crippen LogP contribution in [0.15, 0.2) is 36.5 Å². The van der Waals surface area contributed by atoms with Gasteiger partial charge in [0, 0.05) is 23.3 Å². The van der Waals surface area contributed by atoms with Crippen molar-refractivity contribution in [3.05, 3.63) is 64.4 Å². The van der Waals surface area contributed by atoms with Gasteiger partial charge in [-0.2, -0.15) is 0 Å². The molecule has 2 aromatic rings. The zero-order valence-corrected chi connectivity index (χ0v) is 10.4. The summed E-state index contributed by atoms with van der Waals surface area (Å²) >= 11 is 5.72. The van der Waals surface area contributed by atoms with Gasteiger partial charge in [-0.05, 0) is 30.3 Å². The van der Waals surface area contributed by atoms with E-state index in [-0.39, 0.29) is 17.8 Å². The van der Waals surface area contributed by atoms with Gasteiger partial charge in [0.25, 0.3) is 5.91 Å². The summed E-state index contributed by atoms with van der Waals surface area (Å²) in [5.74, 6) is -1.65. The highest BCUT2D eigenvalue weighted by Crippen LogP contribution is 2.10. The van der Waals surface area contributed by atoms with Gasteiger partial charge in [0.1, 0.15) is 17.3 Å². The first-order valence-corrected chi connectivity index (χ1v) is 5.78. The molecule has 98 valence electrons. The molecular weight excluding hydrogens is 274 g/mol. The lowest BCUT2D eigenvalue weighted by Gasteiger charge is -2.06. The van der Waals surface area contributed by atoms with E-state index >= 15 is 0 Å². The van der Waals surface area contributed by atoms with E-state index in [1.54, 1.807) is 0 Å². The minimum Gasteiger partial charge on any atom is -0.347 e. The van der Waals surface area contributed by atoms with E-state index in [9.17, 15) is 13.6 Å². The molecule has 1 aromatic carbocycles. The number of carbonyl (C=O) groups is 1. The Kier molecular flexibility index (Phi) is 4.06. The Bertz CT molecular complexity index is 619. The average Bonchev–Trinajstić information content (AvgIpc) is 2.39. The van der Waals surface area contributed by atoms with Gasteiger partial charge in [0.05, 0.1) is 0 Å². The Morgan fingerprint density at radius 2 is 2.05 bits per heavy atom. The number of amides is 1. The molecule has 0 atom stereocenters. The Morgan fingerprint density at radius 3 is 2.79 bits per heavy atom. The van der Waals surface area contributed by atoms with Crippen molar-refractivity contribution in [1.29, 1.82) is 0 Å². The second-order valence-electron chi connectivity index (χ2n) is 3.78.